The molecule has 0 radical (unpaired) electrons. The lowest BCUT2D eigenvalue weighted by Gasteiger charge is -2.11. The van der Waals surface area contributed by atoms with Crippen LogP contribution >= 0.6 is 31.9 Å². The van der Waals surface area contributed by atoms with Gasteiger partial charge in [-0.15, -0.1) is 0 Å². The number of aromatic hydroxyl groups is 1. The summed E-state index contributed by atoms with van der Waals surface area (Å²) in [6, 6.07) is 11.5. The predicted molar refractivity (Wildman–Crippen MR) is 123 cm³/mol. The number of aromatic nitrogens is 1. The number of phenols is 1. The van der Waals surface area contributed by atoms with Crippen molar-refractivity contribution in [3.05, 3.63) is 62.2 Å². The van der Waals surface area contributed by atoms with Gasteiger partial charge in [0.25, 0.3) is 5.91 Å². The van der Waals surface area contributed by atoms with Crippen molar-refractivity contribution in [3.63, 3.8) is 0 Å². The highest BCUT2D eigenvalue weighted by Gasteiger charge is 2.16. The molecule has 0 atom stereocenters. The molecule has 0 aliphatic carbocycles. The second-order valence-corrected chi connectivity index (χ2v) is 7.99. The molecule has 1 amide bonds. The maximum absolute atomic E-state index is 12.5. The summed E-state index contributed by atoms with van der Waals surface area (Å²) in [6.45, 7) is 2.56. The molecule has 154 valence electrons. The van der Waals surface area contributed by atoms with Crippen molar-refractivity contribution in [2.24, 2.45) is 0 Å². The monoisotopic (exact) mass is 531 g/mol. The number of carbonyl (C=O) groups excluding carboxylic acids is 1. The lowest BCUT2D eigenvalue weighted by molar-refractivity contribution is -0.117. The van der Waals surface area contributed by atoms with Gasteiger partial charge in [-0.3, -0.25) is 4.79 Å². The SMILES string of the molecule is CCOc1cc(/C=C(\C#N)C(=O)NCCc2c[nH]c3ccccc23)c(Br)c(Br)c1O. The first kappa shape index (κ1) is 21.9. The summed E-state index contributed by atoms with van der Waals surface area (Å²) >= 11 is 6.66. The van der Waals surface area contributed by atoms with Crippen LogP contribution in [0.4, 0.5) is 0 Å². The van der Waals surface area contributed by atoms with Crippen LogP contribution in [0.25, 0.3) is 17.0 Å². The number of amides is 1. The van der Waals surface area contributed by atoms with Gasteiger partial charge in [0.15, 0.2) is 11.5 Å². The molecule has 0 spiro atoms. The minimum absolute atomic E-state index is 0.0466. The number of hydrogen-bond donors (Lipinski definition) is 3. The van der Waals surface area contributed by atoms with E-state index >= 15 is 0 Å². The smallest absolute Gasteiger partial charge is 0.261 e. The van der Waals surface area contributed by atoms with Gasteiger partial charge in [0, 0.05) is 28.1 Å². The number of hydrogen-bond acceptors (Lipinski definition) is 4. The Hall–Kier alpha value is -2.76. The van der Waals surface area contributed by atoms with Gasteiger partial charge in [-0.2, -0.15) is 5.26 Å². The summed E-state index contributed by atoms with van der Waals surface area (Å²) in [5.74, 6) is -0.259. The Morgan fingerprint density at radius 3 is 2.83 bits per heavy atom. The topological polar surface area (TPSA) is 98.1 Å². The van der Waals surface area contributed by atoms with Crippen molar-refractivity contribution in [1.29, 1.82) is 5.26 Å². The number of phenolic OH excluding ortho intramolecular Hbond substituents is 1. The second-order valence-electron chi connectivity index (χ2n) is 6.41. The maximum Gasteiger partial charge on any atom is 0.261 e. The number of nitriles is 1. The maximum atomic E-state index is 12.5. The Labute approximate surface area is 190 Å². The zero-order valence-corrected chi connectivity index (χ0v) is 19.3. The van der Waals surface area contributed by atoms with E-state index in [1.54, 1.807) is 13.0 Å². The molecular weight excluding hydrogens is 514 g/mol. The van der Waals surface area contributed by atoms with Gasteiger partial charge >= 0.3 is 0 Å². The number of aromatic amines is 1. The standard InChI is InChI=1S/C22H19Br2N3O3/c1-2-30-18-10-14(19(23)20(24)21(18)28)9-15(11-25)22(29)26-8-7-13-12-27-17-6-4-3-5-16(13)17/h3-6,9-10,12,27-28H,2,7-8H2,1H3,(H,26,29)/b15-9+. The number of benzene rings is 2. The van der Waals surface area contributed by atoms with E-state index in [1.165, 1.54) is 6.08 Å². The Kier molecular flexibility index (Phi) is 7.19. The van der Waals surface area contributed by atoms with Crippen molar-refractivity contribution < 1.29 is 14.6 Å². The fraction of sp³-hybridized carbons (Fsp3) is 0.182. The van der Waals surface area contributed by atoms with Crippen LogP contribution in [-0.4, -0.2) is 29.1 Å². The van der Waals surface area contributed by atoms with Gasteiger partial charge in [0.1, 0.15) is 11.6 Å². The fourth-order valence-electron chi connectivity index (χ4n) is 3.03. The third-order valence-electron chi connectivity index (χ3n) is 4.49. The second kappa shape index (κ2) is 9.83. The summed E-state index contributed by atoms with van der Waals surface area (Å²) in [4.78, 5) is 15.7. The summed E-state index contributed by atoms with van der Waals surface area (Å²) in [5.41, 5.74) is 2.63. The first-order valence-electron chi connectivity index (χ1n) is 9.25. The van der Waals surface area contributed by atoms with Crippen LogP contribution in [0, 0.1) is 11.3 Å². The van der Waals surface area contributed by atoms with E-state index in [-0.39, 0.29) is 17.1 Å². The van der Waals surface area contributed by atoms with E-state index in [1.807, 2.05) is 36.5 Å². The largest absolute Gasteiger partial charge is 0.503 e. The zero-order valence-electron chi connectivity index (χ0n) is 16.1. The third kappa shape index (κ3) is 4.69. The quantitative estimate of drug-likeness (QED) is 0.292. The Balaban J connectivity index is 1.74. The minimum Gasteiger partial charge on any atom is -0.503 e. The zero-order chi connectivity index (χ0) is 21.7. The third-order valence-corrected chi connectivity index (χ3v) is 6.65. The molecule has 2 aromatic carbocycles. The fourth-order valence-corrected chi connectivity index (χ4v) is 3.87. The molecule has 30 heavy (non-hydrogen) atoms. The number of carbonyl (C=O) groups is 1. The molecule has 3 aromatic rings. The van der Waals surface area contributed by atoms with Gasteiger partial charge in [0.2, 0.25) is 0 Å². The number of rotatable bonds is 7. The summed E-state index contributed by atoms with van der Waals surface area (Å²) in [5, 5.41) is 23.5. The van der Waals surface area contributed by atoms with E-state index in [0.717, 1.165) is 16.5 Å². The summed E-state index contributed by atoms with van der Waals surface area (Å²) in [6.07, 6.45) is 4.02. The highest BCUT2D eigenvalue weighted by molar-refractivity contribution is 9.13. The van der Waals surface area contributed by atoms with Crippen LogP contribution in [0.15, 0.2) is 51.0 Å². The van der Waals surface area contributed by atoms with Gasteiger partial charge in [-0.05, 0) is 74.5 Å². The lowest BCUT2D eigenvalue weighted by atomic mass is 10.1. The number of halogens is 2. The number of H-pyrrole nitrogens is 1. The molecule has 8 heteroatoms. The number of ether oxygens (including phenoxy) is 1. The van der Waals surface area contributed by atoms with Gasteiger partial charge < -0.3 is 20.1 Å². The molecule has 0 saturated carbocycles. The highest BCUT2D eigenvalue weighted by Crippen LogP contribution is 2.42. The first-order chi connectivity index (χ1) is 14.5. The lowest BCUT2D eigenvalue weighted by Crippen LogP contribution is -2.26. The van der Waals surface area contributed by atoms with E-state index < -0.39 is 5.91 Å². The Morgan fingerprint density at radius 1 is 1.33 bits per heavy atom. The molecule has 1 heterocycles. The number of fused-ring (bicyclic) bond motifs is 1. The van der Waals surface area contributed by atoms with Crippen LogP contribution in [0.3, 0.4) is 0 Å². The van der Waals surface area contributed by atoms with E-state index in [4.69, 9.17) is 4.74 Å². The molecule has 0 saturated heterocycles. The molecule has 6 nitrogen and oxygen atoms in total. The molecular formula is C22H19Br2N3O3. The van der Waals surface area contributed by atoms with Gasteiger partial charge in [-0.1, -0.05) is 18.2 Å². The van der Waals surface area contributed by atoms with E-state index in [0.29, 0.717) is 34.1 Å². The Bertz CT molecular complexity index is 1160. The molecule has 0 aliphatic heterocycles. The molecule has 3 N–H and O–H groups in total. The van der Waals surface area contributed by atoms with Crippen LogP contribution in [0.1, 0.15) is 18.1 Å². The van der Waals surface area contributed by atoms with Crippen molar-refractivity contribution >= 4 is 54.7 Å². The summed E-state index contributed by atoms with van der Waals surface area (Å²) < 4.78 is 6.32. The van der Waals surface area contributed by atoms with Crippen LogP contribution in [0.5, 0.6) is 11.5 Å². The average molecular weight is 533 g/mol. The van der Waals surface area contributed by atoms with Crippen LogP contribution < -0.4 is 10.1 Å². The Morgan fingerprint density at radius 2 is 2.10 bits per heavy atom. The van der Waals surface area contributed by atoms with E-state index in [2.05, 4.69) is 42.2 Å². The average Bonchev–Trinajstić information content (AvgIpc) is 3.16. The number of nitrogens with zero attached hydrogens (tertiary/aromatic N) is 1. The van der Waals surface area contributed by atoms with Crippen molar-refractivity contribution in [2.45, 2.75) is 13.3 Å². The van der Waals surface area contributed by atoms with Crippen molar-refractivity contribution in [2.75, 3.05) is 13.2 Å². The molecule has 0 bridgehead atoms. The highest BCUT2D eigenvalue weighted by atomic mass is 79.9. The van der Waals surface area contributed by atoms with Gasteiger partial charge in [0.05, 0.1) is 11.1 Å². The van der Waals surface area contributed by atoms with Crippen molar-refractivity contribution in [3.8, 4) is 17.6 Å². The molecule has 1 aromatic heterocycles. The summed E-state index contributed by atoms with van der Waals surface area (Å²) in [7, 11) is 0. The van der Waals surface area contributed by atoms with Crippen molar-refractivity contribution in [1.82, 2.24) is 10.3 Å². The molecule has 3 rings (SSSR count). The molecule has 0 fully saturated rings. The number of nitrogens with one attached hydrogen (secondary N) is 2. The van der Waals surface area contributed by atoms with Gasteiger partial charge in [-0.25, -0.2) is 0 Å². The first-order valence-corrected chi connectivity index (χ1v) is 10.8. The predicted octanol–water partition coefficient (Wildman–Crippen LogP) is 5.06. The van der Waals surface area contributed by atoms with E-state index in [9.17, 15) is 15.2 Å². The number of para-hydroxylation sites is 1. The molecule has 0 unspecified atom stereocenters. The molecule has 0 aliphatic rings. The minimum atomic E-state index is -0.466. The van der Waals surface area contributed by atoms with Crippen LogP contribution in [-0.2, 0) is 11.2 Å². The normalized spacial score (nSPS) is 11.3. The van der Waals surface area contributed by atoms with Crippen LogP contribution in [0.2, 0.25) is 0 Å².